The maximum atomic E-state index is 11.8. The maximum absolute atomic E-state index is 11.8. The molecule has 2 aromatic rings. The van der Waals surface area contributed by atoms with E-state index in [1.807, 2.05) is 24.3 Å². The summed E-state index contributed by atoms with van der Waals surface area (Å²) >= 11 is 0. The molecule has 6 heteroatoms. The Kier molecular flexibility index (Phi) is 7.85. The normalized spacial score (nSPS) is 10.4. The lowest BCUT2D eigenvalue weighted by molar-refractivity contribution is -0.697. The Morgan fingerprint density at radius 2 is 1.68 bits per heavy atom. The largest absolute Gasteiger partial charge is 0.391 e. The number of halogens is 2. The fourth-order valence-corrected chi connectivity index (χ4v) is 2.35. The highest BCUT2D eigenvalue weighted by atomic mass is 19.3. The molecule has 0 atom stereocenters. The first-order valence-corrected chi connectivity index (χ1v) is 8.42. The van der Waals surface area contributed by atoms with Crippen LogP contribution in [0.3, 0.4) is 0 Å². The van der Waals surface area contributed by atoms with Gasteiger partial charge >= 0.3 is 6.08 Å². The molecule has 4 nitrogen and oxygen atoms in total. The number of anilines is 1. The van der Waals surface area contributed by atoms with Crippen LogP contribution in [0.25, 0.3) is 0 Å². The van der Waals surface area contributed by atoms with Crippen molar-refractivity contribution in [3.05, 3.63) is 72.3 Å². The van der Waals surface area contributed by atoms with E-state index < -0.39 is 6.08 Å². The van der Waals surface area contributed by atoms with Crippen molar-refractivity contribution in [1.29, 1.82) is 0 Å². The van der Waals surface area contributed by atoms with Crippen LogP contribution in [0.2, 0.25) is 0 Å². The SMILES string of the molecule is CCCC[n+]1ccc(CCc2ccc(NNOC=C(F)F)cc2)cc1. The summed E-state index contributed by atoms with van der Waals surface area (Å²) in [5.41, 5.74) is 8.14. The average Bonchev–Trinajstić information content (AvgIpc) is 2.63. The second-order valence-electron chi connectivity index (χ2n) is 5.75. The predicted molar refractivity (Wildman–Crippen MR) is 93.5 cm³/mol. The molecule has 2 rings (SSSR count). The van der Waals surface area contributed by atoms with Gasteiger partial charge in [0, 0.05) is 18.6 Å². The summed E-state index contributed by atoms with van der Waals surface area (Å²) in [5.74, 6) is 0. The first kappa shape index (κ1) is 18.9. The molecule has 0 aliphatic rings. The highest BCUT2D eigenvalue weighted by Gasteiger charge is 2.01. The van der Waals surface area contributed by atoms with E-state index in [0.717, 1.165) is 25.1 Å². The molecule has 0 amide bonds. The lowest BCUT2D eigenvalue weighted by atomic mass is 10.1. The molecule has 1 aromatic carbocycles. The molecule has 0 unspecified atom stereocenters. The van der Waals surface area contributed by atoms with Gasteiger partial charge in [0.1, 0.15) is 6.54 Å². The number of aromatic nitrogens is 1. The van der Waals surface area contributed by atoms with Crippen molar-refractivity contribution in [2.24, 2.45) is 0 Å². The predicted octanol–water partition coefficient (Wildman–Crippen LogP) is 4.15. The van der Waals surface area contributed by atoms with E-state index in [1.165, 1.54) is 24.0 Å². The third kappa shape index (κ3) is 7.30. The zero-order chi connectivity index (χ0) is 17.9. The van der Waals surface area contributed by atoms with E-state index >= 15 is 0 Å². The van der Waals surface area contributed by atoms with Crippen LogP contribution < -0.4 is 15.6 Å². The van der Waals surface area contributed by atoms with Gasteiger partial charge < -0.3 is 4.84 Å². The highest BCUT2D eigenvalue weighted by molar-refractivity contribution is 5.43. The first-order chi connectivity index (χ1) is 12.2. The number of nitrogens with one attached hydrogen (secondary N) is 2. The molecule has 0 spiro atoms. The van der Waals surface area contributed by atoms with Crippen LogP contribution in [0.4, 0.5) is 14.5 Å². The third-order valence-corrected chi connectivity index (χ3v) is 3.79. The maximum Gasteiger partial charge on any atom is 0.307 e. The van der Waals surface area contributed by atoms with E-state index in [1.54, 1.807) is 0 Å². The molecule has 0 radical (unpaired) electrons. The Labute approximate surface area is 147 Å². The van der Waals surface area contributed by atoms with E-state index in [-0.39, 0.29) is 0 Å². The topological polar surface area (TPSA) is 37.2 Å². The minimum absolute atomic E-state index is 0.327. The number of benzene rings is 1. The second-order valence-corrected chi connectivity index (χ2v) is 5.75. The van der Waals surface area contributed by atoms with Gasteiger partial charge in [0.2, 0.25) is 0 Å². The summed E-state index contributed by atoms with van der Waals surface area (Å²) in [6.45, 7) is 3.26. The number of hydrazine groups is 1. The van der Waals surface area contributed by atoms with Crippen LogP contribution in [0.5, 0.6) is 0 Å². The van der Waals surface area contributed by atoms with Gasteiger partial charge in [0.15, 0.2) is 18.7 Å². The zero-order valence-corrected chi connectivity index (χ0v) is 14.3. The fraction of sp³-hybridized carbons (Fsp3) is 0.316. The molecule has 1 aromatic heterocycles. The number of pyridine rings is 1. The van der Waals surface area contributed by atoms with Crippen molar-refractivity contribution in [2.75, 3.05) is 5.43 Å². The van der Waals surface area contributed by atoms with E-state index in [0.29, 0.717) is 6.26 Å². The quantitative estimate of drug-likeness (QED) is 0.293. The van der Waals surface area contributed by atoms with Crippen molar-refractivity contribution in [3.8, 4) is 0 Å². The standard InChI is InChI=1S/C19H24F2N3O/c1-2-3-12-24-13-10-17(11-14-24)5-4-16-6-8-18(9-7-16)22-23-25-15-19(20)21/h6-11,13-15,22-23H,2-5,12H2,1H3/q+1. The van der Waals surface area contributed by atoms with Crippen LogP contribution in [0, 0.1) is 0 Å². The van der Waals surface area contributed by atoms with Crippen molar-refractivity contribution in [1.82, 2.24) is 5.59 Å². The molecule has 0 saturated heterocycles. The Morgan fingerprint density at radius 1 is 1.04 bits per heavy atom. The van der Waals surface area contributed by atoms with Gasteiger partial charge in [-0.2, -0.15) is 8.78 Å². The van der Waals surface area contributed by atoms with Gasteiger partial charge in [0.05, 0.1) is 5.69 Å². The van der Waals surface area contributed by atoms with Gasteiger partial charge in [-0.3, -0.25) is 5.43 Å². The molecule has 0 aliphatic heterocycles. The minimum atomic E-state index is -1.90. The Balaban J connectivity index is 1.76. The van der Waals surface area contributed by atoms with Crippen molar-refractivity contribution in [3.63, 3.8) is 0 Å². The van der Waals surface area contributed by atoms with Gasteiger partial charge in [0.25, 0.3) is 0 Å². The Morgan fingerprint density at radius 3 is 2.28 bits per heavy atom. The van der Waals surface area contributed by atoms with E-state index in [4.69, 9.17) is 0 Å². The molecular formula is C19H24F2N3O+. The monoisotopic (exact) mass is 348 g/mol. The molecule has 0 saturated carbocycles. The van der Waals surface area contributed by atoms with Crippen LogP contribution in [0.1, 0.15) is 30.9 Å². The summed E-state index contributed by atoms with van der Waals surface area (Å²) in [6, 6.07) is 12.1. The van der Waals surface area contributed by atoms with Crippen LogP contribution in [-0.2, 0) is 24.2 Å². The van der Waals surface area contributed by atoms with Crippen molar-refractivity contribution < 1.29 is 18.2 Å². The van der Waals surface area contributed by atoms with Crippen LogP contribution >= 0.6 is 0 Å². The zero-order valence-electron chi connectivity index (χ0n) is 14.3. The number of nitrogens with zero attached hydrogens (tertiary/aromatic N) is 1. The number of aryl methyl sites for hydroxylation is 3. The lowest BCUT2D eigenvalue weighted by Gasteiger charge is -2.07. The minimum Gasteiger partial charge on any atom is -0.391 e. The molecule has 134 valence electrons. The number of hydrogen-bond acceptors (Lipinski definition) is 3. The summed E-state index contributed by atoms with van der Waals surface area (Å²) in [4.78, 5) is 4.39. The molecule has 2 N–H and O–H groups in total. The fourth-order valence-electron chi connectivity index (χ4n) is 2.35. The summed E-state index contributed by atoms with van der Waals surface area (Å²) in [6.07, 6.45) is 7.02. The Hall–Kier alpha value is -2.47. The number of unbranched alkanes of at least 4 members (excludes halogenated alkanes) is 1. The Bertz CT molecular complexity index is 653. The molecule has 1 heterocycles. The van der Waals surface area contributed by atoms with E-state index in [9.17, 15) is 8.78 Å². The third-order valence-electron chi connectivity index (χ3n) is 3.79. The molecular weight excluding hydrogens is 324 g/mol. The molecule has 0 fully saturated rings. The van der Waals surface area contributed by atoms with Gasteiger partial charge in [-0.05, 0) is 36.1 Å². The second kappa shape index (κ2) is 10.4. The highest BCUT2D eigenvalue weighted by Crippen LogP contribution is 2.11. The van der Waals surface area contributed by atoms with Gasteiger partial charge in [-0.15, -0.1) is 0 Å². The molecule has 25 heavy (non-hydrogen) atoms. The average molecular weight is 348 g/mol. The van der Waals surface area contributed by atoms with Crippen molar-refractivity contribution in [2.45, 2.75) is 39.2 Å². The number of rotatable bonds is 10. The summed E-state index contributed by atoms with van der Waals surface area (Å²) < 4.78 is 25.8. The summed E-state index contributed by atoms with van der Waals surface area (Å²) in [5, 5.41) is 0. The van der Waals surface area contributed by atoms with Crippen LogP contribution in [0.15, 0.2) is 61.1 Å². The summed E-state index contributed by atoms with van der Waals surface area (Å²) in [7, 11) is 0. The molecule has 0 aliphatic carbocycles. The van der Waals surface area contributed by atoms with E-state index in [2.05, 4.69) is 51.9 Å². The lowest BCUT2D eigenvalue weighted by Crippen LogP contribution is -2.32. The van der Waals surface area contributed by atoms with Gasteiger partial charge in [-0.1, -0.05) is 31.1 Å². The smallest absolute Gasteiger partial charge is 0.307 e. The van der Waals surface area contributed by atoms with Crippen LogP contribution in [-0.4, -0.2) is 0 Å². The number of hydrogen-bond donors (Lipinski definition) is 2. The van der Waals surface area contributed by atoms with Crippen molar-refractivity contribution >= 4 is 5.69 Å². The van der Waals surface area contributed by atoms with Gasteiger partial charge in [-0.25, -0.2) is 4.57 Å². The first-order valence-electron chi connectivity index (χ1n) is 8.42. The molecule has 0 bridgehead atoms.